The van der Waals surface area contributed by atoms with Crippen molar-refractivity contribution in [3.05, 3.63) is 56.8 Å². The van der Waals surface area contributed by atoms with Gasteiger partial charge in [-0.05, 0) is 31.2 Å². The lowest BCUT2D eigenvalue weighted by Crippen LogP contribution is -2.00. The summed E-state index contributed by atoms with van der Waals surface area (Å²) in [5, 5.41) is 16.8. The first-order valence-corrected chi connectivity index (χ1v) is 7.04. The van der Waals surface area contributed by atoms with E-state index in [0.29, 0.717) is 22.4 Å². The average Bonchev–Trinajstić information content (AvgIpc) is 2.42. The summed E-state index contributed by atoms with van der Waals surface area (Å²) in [6.45, 7) is 2.52. The lowest BCUT2D eigenvalue weighted by Gasteiger charge is -2.10. The molecular weight excluding hydrogens is 341 g/mol. The Bertz CT molecular complexity index is 679. The van der Waals surface area contributed by atoms with E-state index in [0.717, 1.165) is 0 Å². The van der Waals surface area contributed by atoms with Crippen molar-refractivity contribution >= 4 is 38.7 Å². The minimum atomic E-state index is -0.482. The van der Waals surface area contributed by atoms with Gasteiger partial charge in [-0.25, -0.2) is 4.39 Å². The molecule has 0 atom stereocenters. The number of hydrogen-bond donors (Lipinski definition) is 2. The monoisotopic (exact) mass is 353 g/mol. The minimum absolute atomic E-state index is 0.0616. The SMILES string of the molecule is CCNc1cc(Nc2ccc(Br)cc2F)cc([N+](=O)[O-])c1. The van der Waals surface area contributed by atoms with Gasteiger partial charge in [-0.15, -0.1) is 0 Å². The molecule has 5 nitrogen and oxygen atoms in total. The largest absolute Gasteiger partial charge is 0.385 e. The van der Waals surface area contributed by atoms with Gasteiger partial charge in [0, 0.05) is 34.5 Å². The second-order valence-corrected chi connectivity index (χ2v) is 5.22. The molecule has 0 spiro atoms. The predicted molar refractivity (Wildman–Crippen MR) is 84.6 cm³/mol. The second-order valence-electron chi connectivity index (χ2n) is 4.31. The molecule has 2 aromatic rings. The quantitative estimate of drug-likeness (QED) is 0.605. The number of nitrogens with zero attached hydrogens (tertiary/aromatic N) is 1. The van der Waals surface area contributed by atoms with Gasteiger partial charge in [0.1, 0.15) is 5.82 Å². The first-order chi connectivity index (χ1) is 9.99. The summed E-state index contributed by atoms with van der Waals surface area (Å²) in [5.74, 6) is -0.444. The highest BCUT2D eigenvalue weighted by molar-refractivity contribution is 9.10. The summed E-state index contributed by atoms with van der Waals surface area (Å²) in [6.07, 6.45) is 0. The second kappa shape index (κ2) is 6.53. The van der Waals surface area contributed by atoms with Crippen LogP contribution in [0.3, 0.4) is 0 Å². The fourth-order valence-corrected chi connectivity index (χ4v) is 2.17. The maximum atomic E-state index is 13.8. The third kappa shape index (κ3) is 3.91. The van der Waals surface area contributed by atoms with Crippen molar-refractivity contribution in [2.24, 2.45) is 0 Å². The molecule has 0 fully saturated rings. The van der Waals surface area contributed by atoms with Crippen LogP contribution in [0.5, 0.6) is 0 Å². The molecule has 2 rings (SSSR count). The fraction of sp³-hybridized carbons (Fsp3) is 0.143. The Hall–Kier alpha value is -2.15. The molecule has 110 valence electrons. The molecule has 0 saturated carbocycles. The Labute approximate surface area is 129 Å². The third-order valence-electron chi connectivity index (χ3n) is 2.72. The minimum Gasteiger partial charge on any atom is -0.385 e. The Morgan fingerprint density at radius 1 is 1.24 bits per heavy atom. The number of anilines is 3. The molecule has 0 amide bonds. The topological polar surface area (TPSA) is 67.2 Å². The van der Waals surface area contributed by atoms with Crippen LogP contribution in [0, 0.1) is 15.9 Å². The Balaban J connectivity index is 2.36. The van der Waals surface area contributed by atoms with Gasteiger partial charge in [0.15, 0.2) is 0 Å². The summed E-state index contributed by atoms with van der Waals surface area (Å²) in [6, 6.07) is 9.07. The molecule has 7 heteroatoms. The van der Waals surface area contributed by atoms with E-state index in [1.54, 1.807) is 18.2 Å². The molecular formula is C14H13BrFN3O2. The van der Waals surface area contributed by atoms with Gasteiger partial charge in [0.2, 0.25) is 0 Å². The lowest BCUT2D eigenvalue weighted by molar-refractivity contribution is -0.384. The van der Waals surface area contributed by atoms with Crippen molar-refractivity contribution in [3.8, 4) is 0 Å². The molecule has 0 aliphatic rings. The van der Waals surface area contributed by atoms with Crippen LogP contribution in [-0.4, -0.2) is 11.5 Å². The number of benzene rings is 2. The molecule has 21 heavy (non-hydrogen) atoms. The van der Waals surface area contributed by atoms with Crippen LogP contribution in [0.4, 0.5) is 27.1 Å². The van der Waals surface area contributed by atoms with Gasteiger partial charge in [-0.3, -0.25) is 10.1 Å². The zero-order valence-electron chi connectivity index (χ0n) is 11.2. The molecule has 2 N–H and O–H groups in total. The smallest absolute Gasteiger partial charge is 0.273 e. The highest BCUT2D eigenvalue weighted by Crippen LogP contribution is 2.28. The van der Waals surface area contributed by atoms with Gasteiger partial charge in [0.05, 0.1) is 10.6 Å². The first kappa shape index (κ1) is 15.2. The number of nitrogens with one attached hydrogen (secondary N) is 2. The molecule has 0 unspecified atom stereocenters. The molecule has 0 aromatic heterocycles. The molecule has 0 aliphatic carbocycles. The number of non-ortho nitro benzene ring substituents is 1. The maximum Gasteiger partial charge on any atom is 0.273 e. The molecule has 0 radical (unpaired) electrons. The molecule has 2 aromatic carbocycles. The molecule has 0 bridgehead atoms. The van der Waals surface area contributed by atoms with Gasteiger partial charge in [-0.1, -0.05) is 15.9 Å². The predicted octanol–water partition coefficient (Wildman–Crippen LogP) is 4.67. The Kier molecular flexibility index (Phi) is 4.74. The van der Waals surface area contributed by atoms with Gasteiger partial charge >= 0.3 is 0 Å². The van der Waals surface area contributed by atoms with Crippen molar-refractivity contribution in [2.45, 2.75) is 6.92 Å². The van der Waals surface area contributed by atoms with Crippen molar-refractivity contribution in [2.75, 3.05) is 17.2 Å². The molecule has 0 heterocycles. The van der Waals surface area contributed by atoms with E-state index in [9.17, 15) is 14.5 Å². The van der Waals surface area contributed by atoms with Crippen LogP contribution in [0.1, 0.15) is 6.92 Å². The maximum absolute atomic E-state index is 13.8. The van der Waals surface area contributed by atoms with Gasteiger partial charge in [0.25, 0.3) is 5.69 Å². The normalized spacial score (nSPS) is 10.2. The Morgan fingerprint density at radius 3 is 2.57 bits per heavy atom. The zero-order valence-corrected chi connectivity index (χ0v) is 12.8. The van der Waals surface area contributed by atoms with Crippen molar-refractivity contribution in [1.29, 1.82) is 0 Å². The van der Waals surface area contributed by atoms with E-state index >= 15 is 0 Å². The standard InChI is InChI=1S/C14H13BrFN3O2/c1-2-17-10-6-11(8-12(7-10)19(20)21)18-14-4-3-9(15)5-13(14)16/h3-8,17-18H,2H2,1H3. The highest BCUT2D eigenvalue weighted by atomic mass is 79.9. The summed E-state index contributed by atoms with van der Waals surface area (Å²) in [4.78, 5) is 10.5. The van der Waals surface area contributed by atoms with Crippen molar-refractivity contribution < 1.29 is 9.31 Å². The van der Waals surface area contributed by atoms with Gasteiger partial charge in [-0.2, -0.15) is 0 Å². The molecule has 0 aliphatic heterocycles. The summed E-state index contributed by atoms with van der Waals surface area (Å²) in [5.41, 5.74) is 1.24. The van der Waals surface area contributed by atoms with Crippen LogP contribution in [-0.2, 0) is 0 Å². The van der Waals surface area contributed by atoms with Crippen LogP contribution >= 0.6 is 15.9 Å². The lowest BCUT2D eigenvalue weighted by atomic mass is 10.2. The fourth-order valence-electron chi connectivity index (χ4n) is 1.84. The zero-order chi connectivity index (χ0) is 15.4. The van der Waals surface area contributed by atoms with E-state index in [1.807, 2.05) is 6.92 Å². The average molecular weight is 354 g/mol. The number of nitro benzene ring substituents is 1. The number of rotatable bonds is 5. The van der Waals surface area contributed by atoms with Gasteiger partial charge < -0.3 is 10.6 Å². The third-order valence-corrected chi connectivity index (χ3v) is 3.21. The van der Waals surface area contributed by atoms with E-state index < -0.39 is 10.7 Å². The highest BCUT2D eigenvalue weighted by Gasteiger charge is 2.11. The van der Waals surface area contributed by atoms with Crippen LogP contribution < -0.4 is 10.6 Å². The number of hydrogen-bond acceptors (Lipinski definition) is 4. The van der Waals surface area contributed by atoms with E-state index in [1.165, 1.54) is 18.2 Å². The first-order valence-electron chi connectivity index (χ1n) is 6.25. The Morgan fingerprint density at radius 2 is 1.95 bits per heavy atom. The van der Waals surface area contributed by atoms with Crippen LogP contribution in [0.25, 0.3) is 0 Å². The van der Waals surface area contributed by atoms with Crippen LogP contribution in [0.2, 0.25) is 0 Å². The van der Waals surface area contributed by atoms with E-state index in [4.69, 9.17) is 0 Å². The summed E-state index contributed by atoms with van der Waals surface area (Å²) >= 11 is 3.18. The van der Waals surface area contributed by atoms with E-state index in [2.05, 4.69) is 26.6 Å². The van der Waals surface area contributed by atoms with Crippen molar-refractivity contribution in [3.63, 3.8) is 0 Å². The summed E-state index contributed by atoms with van der Waals surface area (Å²) < 4.78 is 14.4. The van der Waals surface area contributed by atoms with Crippen molar-refractivity contribution in [1.82, 2.24) is 0 Å². The molecule has 0 saturated heterocycles. The number of halogens is 2. The summed E-state index contributed by atoms with van der Waals surface area (Å²) in [7, 11) is 0. The number of nitro groups is 1. The van der Waals surface area contributed by atoms with Crippen LogP contribution in [0.15, 0.2) is 40.9 Å². The van der Waals surface area contributed by atoms with E-state index in [-0.39, 0.29) is 11.4 Å².